The molecule has 0 fully saturated rings. The number of nitrogens with two attached hydrogens (primary N) is 1. The molecule has 3 nitrogen and oxygen atoms in total. The fraction of sp³-hybridized carbons (Fsp3) is 0.438. The number of anilines is 1. The van der Waals surface area contributed by atoms with Crippen molar-refractivity contribution in [3.05, 3.63) is 30.5 Å². The number of hydrogen-bond acceptors (Lipinski definition) is 3. The summed E-state index contributed by atoms with van der Waals surface area (Å²) in [5.41, 5.74) is 7.44. The fourth-order valence-electron chi connectivity index (χ4n) is 2.18. The van der Waals surface area contributed by atoms with Crippen molar-refractivity contribution in [2.24, 2.45) is 0 Å². The van der Waals surface area contributed by atoms with Gasteiger partial charge in [-0.05, 0) is 30.7 Å². The quantitative estimate of drug-likeness (QED) is 0.599. The van der Waals surface area contributed by atoms with E-state index < -0.39 is 0 Å². The Morgan fingerprint density at radius 3 is 2.79 bits per heavy atom. The minimum atomic E-state index is 0.700. The molecule has 3 heteroatoms. The predicted octanol–water partition coefficient (Wildman–Crippen LogP) is 4.17. The maximum absolute atomic E-state index is 5.92. The van der Waals surface area contributed by atoms with Crippen LogP contribution in [0.2, 0.25) is 0 Å². The molecule has 0 amide bonds. The topological polar surface area (TPSA) is 48.1 Å². The van der Waals surface area contributed by atoms with Crippen molar-refractivity contribution in [2.75, 3.05) is 12.3 Å². The van der Waals surface area contributed by atoms with Gasteiger partial charge in [-0.15, -0.1) is 0 Å². The maximum Gasteiger partial charge on any atom is 0.128 e. The molecule has 1 aromatic heterocycles. The highest BCUT2D eigenvalue weighted by Gasteiger charge is 2.05. The zero-order valence-corrected chi connectivity index (χ0v) is 11.6. The van der Waals surface area contributed by atoms with E-state index in [2.05, 4.69) is 11.9 Å². The number of fused-ring (bicyclic) bond motifs is 1. The standard InChI is InChI=1S/C16H22N2O/c1-2-3-4-5-6-12-19-15-10-9-14(17)16-13(15)8-7-11-18-16/h7-11H,2-6,12,17H2,1H3. The molecule has 0 saturated carbocycles. The van der Waals surface area contributed by atoms with E-state index in [1.54, 1.807) is 6.20 Å². The molecule has 0 aliphatic rings. The monoisotopic (exact) mass is 258 g/mol. The first-order valence-corrected chi connectivity index (χ1v) is 7.09. The highest BCUT2D eigenvalue weighted by molar-refractivity contribution is 5.93. The number of nitrogens with zero attached hydrogens (tertiary/aromatic N) is 1. The summed E-state index contributed by atoms with van der Waals surface area (Å²) in [7, 11) is 0. The lowest BCUT2D eigenvalue weighted by molar-refractivity contribution is 0.308. The van der Waals surface area contributed by atoms with Crippen LogP contribution in [0, 0.1) is 0 Å². The van der Waals surface area contributed by atoms with E-state index in [0.717, 1.165) is 29.7 Å². The van der Waals surface area contributed by atoms with E-state index in [4.69, 9.17) is 10.5 Å². The minimum absolute atomic E-state index is 0.700. The van der Waals surface area contributed by atoms with Gasteiger partial charge in [-0.1, -0.05) is 32.6 Å². The molecular weight excluding hydrogens is 236 g/mol. The molecule has 0 saturated heterocycles. The zero-order valence-electron chi connectivity index (χ0n) is 11.6. The lowest BCUT2D eigenvalue weighted by Crippen LogP contribution is -1.99. The maximum atomic E-state index is 5.92. The van der Waals surface area contributed by atoms with Gasteiger partial charge in [0, 0.05) is 11.6 Å². The molecular formula is C16H22N2O. The summed E-state index contributed by atoms with van der Waals surface area (Å²) < 4.78 is 5.86. The van der Waals surface area contributed by atoms with Crippen molar-refractivity contribution >= 4 is 16.6 Å². The van der Waals surface area contributed by atoms with Crippen LogP contribution in [0.25, 0.3) is 10.9 Å². The summed E-state index contributed by atoms with van der Waals surface area (Å²) in [6.45, 7) is 2.99. The van der Waals surface area contributed by atoms with E-state index in [-0.39, 0.29) is 0 Å². The van der Waals surface area contributed by atoms with E-state index in [1.165, 1.54) is 25.7 Å². The van der Waals surface area contributed by atoms with Gasteiger partial charge in [0.05, 0.1) is 17.8 Å². The van der Waals surface area contributed by atoms with Gasteiger partial charge in [0.2, 0.25) is 0 Å². The summed E-state index contributed by atoms with van der Waals surface area (Å²) >= 11 is 0. The Bertz CT molecular complexity index is 525. The number of ether oxygens (including phenoxy) is 1. The van der Waals surface area contributed by atoms with Crippen LogP contribution >= 0.6 is 0 Å². The highest BCUT2D eigenvalue weighted by Crippen LogP contribution is 2.28. The largest absolute Gasteiger partial charge is 0.493 e. The van der Waals surface area contributed by atoms with Gasteiger partial charge in [-0.3, -0.25) is 4.98 Å². The molecule has 0 unspecified atom stereocenters. The molecule has 0 aliphatic heterocycles. The molecule has 1 heterocycles. The molecule has 2 aromatic rings. The molecule has 2 rings (SSSR count). The van der Waals surface area contributed by atoms with E-state index in [1.807, 2.05) is 24.3 Å². The lowest BCUT2D eigenvalue weighted by atomic mass is 10.1. The van der Waals surface area contributed by atoms with Gasteiger partial charge in [0.1, 0.15) is 5.75 Å². The molecule has 2 N–H and O–H groups in total. The fourth-order valence-corrected chi connectivity index (χ4v) is 2.18. The summed E-state index contributed by atoms with van der Waals surface area (Å²) in [6.07, 6.45) is 7.98. The van der Waals surface area contributed by atoms with Gasteiger partial charge in [-0.25, -0.2) is 0 Å². The number of pyridine rings is 1. The first kappa shape index (κ1) is 13.7. The molecule has 0 atom stereocenters. The number of unbranched alkanes of at least 4 members (excludes halogenated alkanes) is 4. The zero-order chi connectivity index (χ0) is 13.5. The van der Waals surface area contributed by atoms with Crippen molar-refractivity contribution in [3.8, 4) is 5.75 Å². The van der Waals surface area contributed by atoms with E-state index >= 15 is 0 Å². The number of aromatic nitrogens is 1. The van der Waals surface area contributed by atoms with Crippen LogP contribution in [0.15, 0.2) is 30.5 Å². The highest BCUT2D eigenvalue weighted by atomic mass is 16.5. The SMILES string of the molecule is CCCCCCCOc1ccc(N)c2ncccc12. The lowest BCUT2D eigenvalue weighted by Gasteiger charge is -2.10. The second-order valence-electron chi connectivity index (χ2n) is 4.82. The summed E-state index contributed by atoms with van der Waals surface area (Å²) in [6, 6.07) is 7.72. The van der Waals surface area contributed by atoms with Crippen molar-refractivity contribution < 1.29 is 4.74 Å². The molecule has 102 valence electrons. The Labute approximate surface area is 114 Å². The van der Waals surface area contributed by atoms with E-state index in [9.17, 15) is 0 Å². The third kappa shape index (κ3) is 3.60. The Morgan fingerprint density at radius 1 is 1.11 bits per heavy atom. The second kappa shape index (κ2) is 6.98. The van der Waals surface area contributed by atoms with Gasteiger partial charge in [-0.2, -0.15) is 0 Å². The van der Waals surface area contributed by atoms with Crippen LogP contribution in [0.1, 0.15) is 39.0 Å². The van der Waals surface area contributed by atoms with Crippen LogP contribution in [-0.2, 0) is 0 Å². The van der Waals surface area contributed by atoms with Crippen LogP contribution in [0.5, 0.6) is 5.75 Å². The smallest absolute Gasteiger partial charge is 0.128 e. The minimum Gasteiger partial charge on any atom is -0.493 e. The summed E-state index contributed by atoms with van der Waals surface area (Å²) in [5.74, 6) is 0.882. The van der Waals surface area contributed by atoms with Gasteiger partial charge in [0.15, 0.2) is 0 Å². The summed E-state index contributed by atoms with van der Waals surface area (Å²) in [5, 5.41) is 0.996. The van der Waals surface area contributed by atoms with Gasteiger partial charge >= 0.3 is 0 Å². The van der Waals surface area contributed by atoms with Crippen molar-refractivity contribution in [1.29, 1.82) is 0 Å². The van der Waals surface area contributed by atoms with Crippen molar-refractivity contribution in [2.45, 2.75) is 39.0 Å². The van der Waals surface area contributed by atoms with Crippen LogP contribution in [-0.4, -0.2) is 11.6 Å². The summed E-state index contributed by atoms with van der Waals surface area (Å²) in [4.78, 5) is 4.31. The number of nitrogen functional groups attached to an aromatic ring is 1. The molecule has 19 heavy (non-hydrogen) atoms. The molecule has 0 radical (unpaired) electrons. The van der Waals surface area contributed by atoms with Crippen LogP contribution in [0.4, 0.5) is 5.69 Å². The Hall–Kier alpha value is -1.77. The number of benzene rings is 1. The van der Waals surface area contributed by atoms with Crippen molar-refractivity contribution in [3.63, 3.8) is 0 Å². The average Bonchev–Trinajstić information content (AvgIpc) is 2.45. The number of rotatable bonds is 7. The van der Waals surface area contributed by atoms with Crippen LogP contribution in [0.3, 0.4) is 0 Å². The second-order valence-corrected chi connectivity index (χ2v) is 4.82. The average molecular weight is 258 g/mol. The molecule has 0 aliphatic carbocycles. The van der Waals surface area contributed by atoms with E-state index in [0.29, 0.717) is 5.69 Å². The number of hydrogen-bond donors (Lipinski definition) is 1. The molecule has 1 aromatic carbocycles. The van der Waals surface area contributed by atoms with Crippen LogP contribution < -0.4 is 10.5 Å². The first-order valence-electron chi connectivity index (χ1n) is 7.09. The molecule has 0 bridgehead atoms. The Kier molecular flexibility index (Phi) is 5.01. The Morgan fingerprint density at radius 2 is 1.95 bits per heavy atom. The predicted molar refractivity (Wildman–Crippen MR) is 80.4 cm³/mol. The van der Waals surface area contributed by atoms with Gasteiger partial charge < -0.3 is 10.5 Å². The van der Waals surface area contributed by atoms with Gasteiger partial charge in [0.25, 0.3) is 0 Å². The van der Waals surface area contributed by atoms with Crippen molar-refractivity contribution in [1.82, 2.24) is 4.98 Å². The third-order valence-corrected chi connectivity index (χ3v) is 3.27. The Balaban J connectivity index is 1.96. The normalized spacial score (nSPS) is 10.8. The molecule has 0 spiro atoms. The third-order valence-electron chi connectivity index (χ3n) is 3.27. The first-order chi connectivity index (χ1) is 9.33.